The van der Waals surface area contributed by atoms with Gasteiger partial charge >= 0.3 is 0 Å². The summed E-state index contributed by atoms with van der Waals surface area (Å²) in [7, 11) is 0. The van der Waals surface area contributed by atoms with Gasteiger partial charge in [0.1, 0.15) is 6.33 Å². The maximum Gasteiger partial charge on any atom is 0.254 e. The number of aryl methyl sites for hydroxylation is 1. The van der Waals surface area contributed by atoms with E-state index >= 15 is 0 Å². The van der Waals surface area contributed by atoms with E-state index in [1.807, 2.05) is 29.2 Å². The molecule has 2 aromatic carbocycles. The topological polar surface area (TPSA) is 63.9 Å². The number of amides is 1. The molecule has 0 saturated carbocycles. The molecule has 6 nitrogen and oxygen atoms in total. The fourth-order valence-electron chi connectivity index (χ4n) is 3.37. The molecule has 1 fully saturated rings. The van der Waals surface area contributed by atoms with E-state index in [4.69, 9.17) is 0 Å². The van der Waals surface area contributed by atoms with Crippen LogP contribution in [0.25, 0.3) is 5.69 Å². The Bertz CT molecular complexity index is 873. The van der Waals surface area contributed by atoms with Crippen LogP contribution in [0.2, 0.25) is 0 Å². The van der Waals surface area contributed by atoms with Gasteiger partial charge < -0.3 is 4.90 Å². The second-order valence-corrected chi connectivity index (χ2v) is 6.37. The highest BCUT2D eigenvalue weighted by Gasteiger charge is 2.30. The van der Waals surface area contributed by atoms with Crippen molar-refractivity contribution in [2.75, 3.05) is 6.54 Å². The average Bonchev–Trinajstić information content (AvgIpc) is 3.34. The maximum absolute atomic E-state index is 13.1. The van der Waals surface area contributed by atoms with Gasteiger partial charge in [0.2, 0.25) is 0 Å². The van der Waals surface area contributed by atoms with E-state index in [0.29, 0.717) is 5.56 Å². The number of benzene rings is 2. The van der Waals surface area contributed by atoms with Gasteiger partial charge in [-0.15, -0.1) is 5.10 Å². The fourth-order valence-corrected chi connectivity index (χ4v) is 3.37. The van der Waals surface area contributed by atoms with E-state index < -0.39 is 0 Å². The molecule has 126 valence electrons. The van der Waals surface area contributed by atoms with Crippen molar-refractivity contribution in [3.05, 3.63) is 71.5 Å². The molecule has 0 radical (unpaired) electrons. The molecule has 3 aromatic rings. The van der Waals surface area contributed by atoms with Crippen LogP contribution in [0, 0.1) is 6.92 Å². The molecule has 1 atom stereocenters. The highest BCUT2D eigenvalue weighted by Crippen LogP contribution is 2.33. The van der Waals surface area contributed by atoms with Crippen molar-refractivity contribution in [3.63, 3.8) is 0 Å². The van der Waals surface area contributed by atoms with Crippen molar-refractivity contribution in [1.29, 1.82) is 0 Å². The van der Waals surface area contributed by atoms with Crippen LogP contribution in [0.1, 0.15) is 40.4 Å². The molecular formula is C19H19N5O. The highest BCUT2D eigenvalue weighted by molar-refractivity contribution is 5.95. The van der Waals surface area contributed by atoms with Gasteiger partial charge in [0.25, 0.3) is 5.91 Å². The molecule has 2 heterocycles. The van der Waals surface area contributed by atoms with Crippen molar-refractivity contribution in [1.82, 2.24) is 25.1 Å². The molecule has 0 aliphatic carbocycles. The third-order valence-electron chi connectivity index (χ3n) is 4.68. The minimum Gasteiger partial charge on any atom is -0.332 e. The summed E-state index contributed by atoms with van der Waals surface area (Å²) in [6.07, 6.45) is 3.55. The number of rotatable bonds is 3. The normalized spacial score (nSPS) is 17.0. The smallest absolute Gasteiger partial charge is 0.254 e. The fraction of sp³-hybridized carbons (Fsp3) is 0.263. The van der Waals surface area contributed by atoms with Crippen molar-refractivity contribution in [2.45, 2.75) is 25.8 Å². The van der Waals surface area contributed by atoms with Crippen molar-refractivity contribution in [3.8, 4) is 5.69 Å². The molecule has 25 heavy (non-hydrogen) atoms. The van der Waals surface area contributed by atoms with Gasteiger partial charge in [0, 0.05) is 12.1 Å². The first-order valence-electron chi connectivity index (χ1n) is 8.43. The summed E-state index contributed by atoms with van der Waals surface area (Å²) in [4.78, 5) is 15.1. The van der Waals surface area contributed by atoms with Crippen LogP contribution in [-0.2, 0) is 0 Å². The van der Waals surface area contributed by atoms with Gasteiger partial charge in [-0.2, -0.15) is 0 Å². The third-order valence-corrected chi connectivity index (χ3v) is 4.68. The quantitative estimate of drug-likeness (QED) is 0.739. The van der Waals surface area contributed by atoms with Crippen LogP contribution in [0.5, 0.6) is 0 Å². The second kappa shape index (κ2) is 6.47. The summed E-state index contributed by atoms with van der Waals surface area (Å²) in [5.74, 6) is 0.0537. The summed E-state index contributed by atoms with van der Waals surface area (Å²) in [6, 6.07) is 16.0. The predicted molar refractivity (Wildman–Crippen MR) is 93.3 cm³/mol. The zero-order valence-corrected chi connectivity index (χ0v) is 14.0. The third kappa shape index (κ3) is 3.03. The maximum atomic E-state index is 13.1. The largest absolute Gasteiger partial charge is 0.332 e. The van der Waals surface area contributed by atoms with E-state index in [1.165, 1.54) is 17.5 Å². The van der Waals surface area contributed by atoms with Crippen LogP contribution >= 0.6 is 0 Å². The SMILES string of the molecule is Cc1ccc(C2CCCN2C(=O)c2cccc(-n3cnnn3)c2)cc1. The Morgan fingerprint density at radius 1 is 1.16 bits per heavy atom. The van der Waals surface area contributed by atoms with Crippen molar-refractivity contribution >= 4 is 5.91 Å². The van der Waals surface area contributed by atoms with Crippen LogP contribution < -0.4 is 0 Å². The number of hydrogen-bond donors (Lipinski definition) is 0. The molecular weight excluding hydrogens is 314 g/mol. The Balaban J connectivity index is 1.61. The Kier molecular flexibility index (Phi) is 4.01. The molecule has 0 N–H and O–H groups in total. The number of carbonyl (C=O) groups excluding carboxylic acids is 1. The Hall–Kier alpha value is -3.02. The molecule has 1 amide bonds. The molecule has 0 spiro atoms. The summed E-state index contributed by atoms with van der Waals surface area (Å²) in [5.41, 5.74) is 3.87. The van der Waals surface area contributed by atoms with Gasteiger partial charge in [-0.1, -0.05) is 35.9 Å². The van der Waals surface area contributed by atoms with Gasteiger partial charge in [-0.05, 0) is 54.0 Å². The van der Waals surface area contributed by atoms with Crippen LogP contribution in [0.3, 0.4) is 0 Å². The molecule has 0 bridgehead atoms. The summed E-state index contributed by atoms with van der Waals surface area (Å²) in [6.45, 7) is 2.86. The number of nitrogens with zero attached hydrogens (tertiary/aromatic N) is 5. The zero-order valence-electron chi connectivity index (χ0n) is 14.0. The molecule has 1 aliphatic rings. The summed E-state index contributed by atoms with van der Waals surface area (Å²) in [5, 5.41) is 11.2. The minimum absolute atomic E-state index is 0.0537. The van der Waals surface area contributed by atoms with Gasteiger partial charge in [0.05, 0.1) is 11.7 Å². The number of tetrazole rings is 1. The number of aromatic nitrogens is 4. The van der Waals surface area contributed by atoms with Gasteiger partial charge in [-0.3, -0.25) is 4.79 Å². The lowest BCUT2D eigenvalue weighted by Gasteiger charge is -2.25. The monoisotopic (exact) mass is 333 g/mol. The number of carbonyl (C=O) groups is 1. The zero-order chi connectivity index (χ0) is 17.2. The Labute approximate surface area is 146 Å². The number of likely N-dealkylation sites (tertiary alicyclic amines) is 1. The lowest BCUT2D eigenvalue weighted by Crippen LogP contribution is -2.30. The Morgan fingerprint density at radius 2 is 2.00 bits per heavy atom. The standard InChI is InChI=1S/C19H19N5O/c1-14-7-9-15(10-8-14)18-6-3-11-23(18)19(25)16-4-2-5-17(12-16)24-13-20-21-22-24/h2,4-5,7-10,12-13,18H,3,6,11H2,1H3. The summed E-state index contributed by atoms with van der Waals surface area (Å²) < 4.78 is 1.55. The molecule has 1 unspecified atom stereocenters. The molecule has 1 aromatic heterocycles. The van der Waals surface area contributed by atoms with E-state index in [9.17, 15) is 4.79 Å². The van der Waals surface area contributed by atoms with Crippen LogP contribution in [-0.4, -0.2) is 37.6 Å². The van der Waals surface area contributed by atoms with E-state index in [0.717, 1.165) is 25.1 Å². The van der Waals surface area contributed by atoms with E-state index in [-0.39, 0.29) is 11.9 Å². The van der Waals surface area contributed by atoms with E-state index in [2.05, 4.69) is 46.7 Å². The lowest BCUT2D eigenvalue weighted by molar-refractivity contribution is 0.0735. The van der Waals surface area contributed by atoms with Gasteiger partial charge in [-0.25, -0.2) is 4.68 Å². The first kappa shape index (κ1) is 15.5. The van der Waals surface area contributed by atoms with Crippen molar-refractivity contribution in [2.24, 2.45) is 0 Å². The second-order valence-electron chi connectivity index (χ2n) is 6.37. The molecule has 1 saturated heterocycles. The minimum atomic E-state index is 0.0537. The van der Waals surface area contributed by atoms with Crippen LogP contribution in [0.4, 0.5) is 0 Å². The van der Waals surface area contributed by atoms with E-state index in [1.54, 1.807) is 4.68 Å². The van der Waals surface area contributed by atoms with Gasteiger partial charge in [0.15, 0.2) is 0 Å². The highest BCUT2D eigenvalue weighted by atomic mass is 16.2. The first-order chi connectivity index (χ1) is 12.2. The average molecular weight is 333 g/mol. The lowest BCUT2D eigenvalue weighted by atomic mass is 10.0. The number of hydrogen-bond acceptors (Lipinski definition) is 4. The molecule has 1 aliphatic heterocycles. The summed E-state index contributed by atoms with van der Waals surface area (Å²) >= 11 is 0. The first-order valence-corrected chi connectivity index (χ1v) is 8.43. The van der Waals surface area contributed by atoms with Crippen molar-refractivity contribution < 1.29 is 4.79 Å². The predicted octanol–water partition coefficient (Wildman–Crippen LogP) is 2.95. The molecule has 6 heteroatoms. The van der Waals surface area contributed by atoms with Crippen LogP contribution in [0.15, 0.2) is 54.9 Å². The molecule has 4 rings (SSSR count). The Morgan fingerprint density at radius 3 is 2.76 bits per heavy atom.